The summed E-state index contributed by atoms with van der Waals surface area (Å²) in [6, 6.07) is 46.5. The van der Waals surface area contributed by atoms with Crippen molar-refractivity contribution in [3.05, 3.63) is 150 Å². The van der Waals surface area contributed by atoms with Crippen molar-refractivity contribution in [2.24, 2.45) is 0 Å². The maximum Gasteiger partial charge on any atom is 0.252 e. The van der Waals surface area contributed by atoms with Gasteiger partial charge in [-0.05, 0) is 103 Å². The highest BCUT2D eigenvalue weighted by Gasteiger charge is 2.41. The van der Waals surface area contributed by atoms with Crippen molar-refractivity contribution in [1.82, 2.24) is 9.13 Å². The van der Waals surface area contributed by atoms with E-state index in [0.29, 0.717) is 11.1 Å². The van der Waals surface area contributed by atoms with E-state index in [-0.39, 0.29) is 17.5 Å². The topological polar surface area (TPSA) is 44.0 Å². The van der Waals surface area contributed by atoms with Gasteiger partial charge in [0.15, 0.2) is 0 Å². The smallest absolute Gasteiger partial charge is 0.252 e. The van der Waals surface area contributed by atoms with Crippen molar-refractivity contribution in [2.75, 3.05) is 0 Å². The van der Waals surface area contributed by atoms with Crippen LogP contribution in [0, 0.1) is 0 Å². The standard InChI is InChI=1S/C52H41BN2O2/c1-51(2,3)36-18-20-44-39(26-36)38-8-7-9-42-49(38)54(44)46-24-35(33-16-12-31(29-57)13-17-33)25-47-48(46)53(42)43-23-34(32-14-10-30(28-56)11-15-32)22-41-40-27-37(52(4,5)6)19-21-45(40)55(47)50(41)43/h7-29H,1-6H3. The van der Waals surface area contributed by atoms with Crippen LogP contribution in [0.1, 0.15) is 73.4 Å². The molecule has 0 amide bonds. The summed E-state index contributed by atoms with van der Waals surface area (Å²) in [5.74, 6) is 0. The normalized spacial score (nSPS) is 13.2. The lowest BCUT2D eigenvalue weighted by molar-refractivity contribution is 0.111. The second-order valence-electron chi connectivity index (χ2n) is 18.2. The summed E-state index contributed by atoms with van der Waals surface area (Å²) in [6.07, 6.45) is 1.82. The molecule has 0 saturated heterocycles. The monoisotopic (exact) mass is 736 g/mol. The minimum absolute atomic E-state index is 0.00516. The number of aldehydes is 2. The summed E-state index contributed by atoms with van der Waals surface area (Å²) in [7, 11) is 0. The van der Waals surface area contributed by atoms with Gasteiger partial charge in [-0.25, -0.2) is 0 Å². The van der Waals surface area contributed by atoms with Gasteiger partial charge in [0.25, 0.3) is 6.71 Å². The van der Waals surface area contributed by atoms with E-state index in [1.807, 2.05) is 24.3 Å². The summed E-state index contributed by atoms with van der Waals surface area (Å²) in [4.78, 5) is 23.4. The minimum atomic E-state index is -0.0294. The second kappa shape index (κ2) is 11.5. The predicted molar refractivity (Wildman–Crippen MR) is 239 cm³/mol. The SMILES string of the molecule is CC(C)(C)c1ccc2c(c1)c1cccc3c1n2-c1cc(-c2ccc(C=O)cc2)cc2c1B3c1cc(-c3ccc(C=O)cc3)cc3c4cc(C(C)(C)C)ccc4n-2c13. The third-order valence-corrected chi connectivity index (χ3v) is 12.7. The molecule has 0 saturated carbocycles. The molecule has 0 spiro atoms. The van der Waals surface area contributed by atoms with Crippen molar-refractivity contribution >= 4 is 79.3 Å². The largest absolute Gasteiger partial charge is 0.310 e. The van der Waals surface area contributed by atoms with Crippen LogP contribution in [0.5, 0.6) is 0 Å². The summed E-state index contributed by atoms with van der Waals surface area (Å²) in [5, 5.41) is 4.99. The molecule has 9 aromatic rings. The lowest BCUT2D eigenvalue weighted by Crippen LogP contribution is -2.59. The van der Waals surface area contributed by atoms with Crippen molar-refractivity contribution in [2.45, 2.75) is 52.4 Å². The number of hydrogen-bond donors (Lipinski definition) is 0. The van der Waals surface area contributed by atoms with Crippen LogP contribution in [0.3, 0.4) is 0 Å². The molecule has 2 aliphatic rings. The lowest BCUT2D eigenvalue weighted by Gasteiger charge is -2.34. The molecular formula is C52H41BN2O2. The van der Waals surface area contributed by atoms with E-state index >= 15 is 0 Å². The average molecular weight is 737 g/mol. The molecule has 0 radical (unpaired) electrons. The van der Waals surface area contributed by atoms with Crippen LogP contribution in [0.2, 0.25) is 0 Å². The number of carbonyl (C=O) groups is 2. The highest BCUT2D eigenvalue weighted by atomic mass is 16.1. The fourth-order valence-electron chi connectivity index (χ4n) is 9.77. The molecule has 0 atom stereocenters. The first-order valence-corrected chi connectivity index (χ1v) is 19.9. The van der Waals surface area contributed by atoms with Crippen LogP contribution in [0.4, 0.5) is 0 Å². The van der Waals surface area contributed by atoms with Crippen LogP contribution in [-0.2, 0) is 10.8 Å². The van der Waals surface area contributed by atoms with Gasteiger partial charge in [-0.1, -0.05) is 126 Å². The van der Waals surface area contributed by atoms with Crippen molar-refractivity contribution in [3.63, 3.8) is 0 Å². The molecule has 2 aliphatic heterocycles. The van der Waals surface area contributed by atoms with Crippen LogP contribution < -0.4 is 16.4 Å². The molecule has 0 bridgehead atoms. The van der Waals surface area contributed by atoms with Gasteiger partial charge in [0, 0.05) is 55.1 Å². The first-order valence-electron chi connectivity index (χ1n) is 19.9. The Balaban J connectivity index is 1.32. The molecule has 0 unspecified atom stereocenters. The summed E-state index contributed by atoms with van der Waals surface area (Å²) in [5.41, 5.74) is 19.4. The highest BCUT2D eigenvalue weighted by molar-refractivity contribution is 7.00. The quantitative estimate of drug-likeness (QED) is 0.133. The first-order chi connectivity index (χ1) is 27.4. The van der Waals surface area contributed by atoms with E-state index in [1.165, 1.54) is 82.5 Å². The van der Waals surface area contributed by atoms with Gasteiger partial charge in [0.1, 0.15) is 12.6 Å². The van der Waals surface area contributed by atoms with Crippen LogP contribution in [-0.4, -0.2) is 28.4 Å². The van der Waals surface area contributed by atoms with Crippen molar-refractivity contribution < 1.29 is 9.59 Å². The van der Waals surface area contributed by atoms with Gasteiger partial charge >= 0.3 is 0 Å². The molecule has 0 N–H and O–H groups in total. The second-order valence-corrected chi connectivity index (χ2v) is 18.2. The maximum atomic E-state index is 11.7. The molecule has 274 valence electrons. The first kappa shape index (κ1) is 33.8. The molecule has 2 aromatic heterocycles. The molecule has 0 fully saturated rings. The number of aromatic nitrogens is 2. The number of rotatable bonds is 4. The molecule has 7 aromatic carbocycles. The van der Waals surface area contributed by atoms with Gasteiger partial charge in [0.05, 0.1) is 11.0 Å². The number of benzene rings is 7. The Morgan fingerprint density at radius 2 is 0.947 bits per heavy atom. The number of nitrogens with zero attached hydrogens (tertiary/aromatic N) is 2. The Hall–Kier alpha value is -6.46. The summed E-state index contributed by atoms with van der Waals surface area (Å²) >= 11 is 0. The fraction of sp³-hybridized carbons (Fsp3) is 0.154. The van der Waals surface area contributed by atoms with Gasteiger partial charge in [0.2, 0.25) is 0 Å². The van der Waals surface area contributed by atoms with Crippen molar-refractivity contribution in [3.8, 4) is 33.6 Å². The number of hydrogen-bond acceptors (Lipinski definition) is 2. The molecule has 0 aliphatic carbocycles. The predicted octanol–water partition coefficient (Wildman–Crippen LogP) is 10.6. The summed E-state index contributed by atoms with van der Waals surface area (Å²) < 4.78 is 5.05. The highest BCUT2D eigenvalue weighted by Crippen LogP contribution is 2.43. The van der Waals surface area contributed by atoms with Crippen LogP contribution >= 0.6 is 0 Å². The van der Waals surface area contributed by atoms with E-state index in [4.69, 9.17) is 0 Å². The number of carbonyl (C=O) groups excluding carboxylic acids is 2. The van der Waals surface area contributed by atoms with E-state index in [9.17, 15) is 9.59 Å². The van der Waals surface area contributed by atoms with E-state index < -0.39 is 0 Å². The Kier molecular flexibility index (Phi) is 6.86. The Morgan fingerprint density at radius 3 is 1.46 bits per heavy atom. The van der Waals surface area contributed by atoms with Crippen LogP contribution in [0.15, 0.2) is 127 Å². The molecular weight excluding hydrogens is 695 g/mol. The van der Waals surface area contributed by atoms with Gasteiger partial charge in [-0.15, -0.1) is 0 Å². The summed E-state index contributed by atoms with van der Waals surface area (Å²) in [6.45, 7) is 13.7. The Labute approximate surface area is 332 Å². The zero-order chi connectivity index (χ0) is 39.1. The molecule has 5 heteroatoms. The van der Waals surface area contributed by atoms with Crippen molar-refractivity contribution in [1.29, 1.82) is 0 Å². The van der Waals surface area contributed by atoms with Gasteiger partial charge < -0.3 is 9.13 Å². The van der Waals surface area contributed by atoms with Gasteiger partial charge in [-0.2, -0.15) is 0 Å². The maximum absolute atomic E-state index is 11.7. The minimum Gasteiger partial charge on any atom is -0.310 e. The average Bonchev–Trinajstić information content (AvgIpc) is 3.73. The third kappa shape index (κ3) is 4.75. The van der Waals surface area contributed by atoms with E-state index in [2.05, 4.69) is 154 Å². The Bertz CT molecular complexity index is 3220. The Morgan fingerprint density at radius 1 is 0.456 bits per heavy atom. The number of fused-ring (bicyclic) bond motifs is 10. The molecule has 4 heterocycles. The van der Waals surface area contributed by atoms with Crippen LogP contribution in [0.25, 0.3) is 77.2 Å². The van der Waals surface area contributed by atoms with E-state index in [1.54, 1.807) is 0 Å². The van der Waals surface area contributed by atoms with Gasteiger partial charge in [-0.3, -0.25) is 9.59 Å². The lowest BCUT2D eigenvalue weighted by atomic mass is 9.34. The molecule has 57 heavy (non-hydrogen) atoms. The molecule has 4 nitrogen and oxygen atoms in total. The third-order valence-electron chi connectivity index (χ3n) is 12.7. The zero-order valence-electron chi connectivity index (χ0n) is 33.1. The molecule has 11 rings (SSSR count). The zero-order valence-corrected chi connectivity index (χ0v) is 33.1. The van der Waals surface area contributed by atoms with E-state index in [0.717, 1.165) is 34.8 Å². The number of para-hydroxylation sites is 1. The fourth-order valence-corrected chi connectivity index (χ4v) is 9.77.